The Hall–Kier alpha value is -0.170. The predicted octanol–water partition coefficient (Wildman–Crippen LogP) is 1.04. The lowest BCUT2D eigenvalue weighted by Gasteiger charge is -2.26. The van der Waals surface area contributed by atoms with Crippen molar-refractivity contribution >= 4 is 11.8 Å². The summed E-state index contributed by atoms with van der Waals surface area (Å²) < 4.78 is 0. The van der Waals surface area contributed by atoms with Gasteiger partial charge in [-0.3, -0.25) is 4.90 Å². The van der Waals surface area contributed by atoms with E-state index in [1.807, 2.05) is 0 Å². The molecule has 0 aliphatic carbocycles. The molecule has 1 unspecified atom stereocenters. The number of nitrogens with zero attached hydrogens (tertiary/aromatic N) is 1. The van der Waals surface area contributed by atoms with E-state index in [1.54, 1.807) is 0 Å². The summed E-state index contributed by atoms with van der Waals surface area (Å²) in [6.45, 7) is 6.30. The highest BCUT2D eigenvalue weighted by atomic mass is 32.2. The van der Waals surface area contributed by atoms with E-state index in [0.717, 1.165) is 26.2 Å². The Morgan fingerprint density at radius 3 is 3.07 bits per heavy atom. The molecule has 1 heterocycles. The Morgan fingerprint density at radius 1 is 1.64 bits per heavy atom. The van der Waals surface area contributed by atoms with Crippen LogP contribution >= 0.6 is 11.8 Å². The zero-order valence-electron chi connectivity index (χ0n) is 8.96. The summed E-state index contributed by atoms with van der Waals surface area (Å²) in [4.78, 5) is 2.32. The van der Waals surface area contributed by atoms with Gasteiger partial charge < -0.3 is 5.32 Å². The number of terminal acetylenes is 1. The third-order valence-electron chi connectivity index (χ3n) is 2.55. The Labute approximate surface area is 91.8 Å². The highest BCUT2D eigenvalue weighted by Gasteiger charge is 2.13. The van der Waals surface area contributed by atoms with Crippen LogP contribution < -0.4 is 5.32 Å². The maximum absolute atomic E-state index is 5.30. The molecular formula is C11H20N2S. The van der Waals surface area contributed by atoms with Crippen molar-refractivity contribution in [3.63, 3.8) is 0 Å². The van der Waals surface area contributed by atoms with E-state index in [9.17, 15) is 0 Å². The van der Waals surface area contributed by atoms with Crippen molar-refractivity contribution in [2.24, 2.45) is 0 Å². The lowest BCUT2D eigenvalue weighted by Crippen LogP contribution is -2.40. The fourth-order valence-electron chi connectivity index (χ4n) is 1.62. The summed E-state index contributed by atoms with van der Waals surface area (Å²) in [5.74, 6) is 5.23. The van der Waals surface area contributed by atoms with Gasteiger partial charge in [0.05, 0.1) is 6.54 Å². The summed E-state index contributed by atoms with van der Waals surface area (Å²) in [7, 11) is 0. The van der Waals surface area contributed by atoms with Crippen LogP contribution in [0.25, 0.3) is 0 Å². The van der Waals surface area contributed by atoms with Gasteiger partial charge in [-0.15, -0.1) is 6.42 Å². The highest BCUT2D eigenvalue weighted by Crippen LogP contribution is 2.10. The van der Waals surface area contributed by atoms with Gasteiger partial charge in [0.15, 0.2) is 0 Å². The molecule has 0 saturated carbocycles. The van der Waals surface area contributed by atoms with Gasteiger partial charge in [-0.1, -0.05) is 12.8 Å². The molecule has 0 amide bonds. The Kier molecular flexibility index (Phi) is 6.09. The molecule has 1 aliphatic rings. The van der Waals surface area contributed by atoms with Crippen LogP contribution in [0, 0.1) is 12.3 Å². The average Bonchev–Trinajstić information content (AvgIpc) is 2.25. The molecule has 1 fully saturated rings. The minimum absolute atomic E-state index is 0.695. The maximum Gasteiger partial charge on any atom is 0.0598 e. The molecule has 2 nitrogen and oxygen atoms in total. The molecule has 0 aromatic rings. The minimum Gasteiger partial charge on any atom is -0.312 e. The molecular weight excluding hydrogens is 192 g/mol. The van der Waals surface area contributed by atoms with Crippen molar-refractivity contribution in [2.45, 2.75) is 19.4 Å². The Balaban J connectivity index is 2.14. The first-order chi connectivity index (χ1) is 6.86. The Bertz CT molecular complexity index is 182. The largest absolute Gasteiger partial charge is 0.312 e. The van der Waals surface area contributed by atoms with Crippen LogP contribution in [0.2, 0.25) is 0 Å². The van der Waals surface area contributed by atoms with Crippen molar-refractivity contribution in [1.82, 2.24) is 10.2 Å². The third-order valence-corrected chi connectivity index (χ3v) is 3.69. The van der Waals surface area contributed by atoms with Crippen LogP contribution in [-0.2, 0) is 0 Å². The quantitative estimate of drug-likeness (QED) is 0.686. The van der Waals surface area contributed by atoms with E-state index in [2.05, 4.69) is 34.8 Å². The van der Waals surface area contributed by atoms with Gasteiger partial charge in [-0.05, 0) is 13.0 Å². The first-order valence-electron chi connectivity index (χ1n) is 5.33. The molecule has 80 valence electrons. The molecule has 0 aromatic heterocycles. The molecule has 0 bridgehead atoms. The second-order valence-electron chi connectivity index (χ2n) is 3.59. The predicted molar refractivity (Wildman–Crippen MR) is 64.7 cm³/mol. The molecule has 1 atom stereocenters. The molecule has 1 aliphatic heterocycles. The highest BCUT2D eigenvalue weighted by molar-refractivity contribution is 7.99. The third kappa shape index (κ3) is 4.36. The zero-order valence-corrected chi connectivity index (χ0v) is 9.78. The van der Waals surface area contributed by atoms with Gasteiger partial charge >= 0.3 is 0 Å². The van der Waals surface area contributed by atoms with E-state index < -0.39 is 0 Å². The molecule has 14 heavy (non-hydrogen) atoms. The molecule has 0 spiro atoms. The van der Waals surface area contributed by atoms with Crippen molar-refractivity contribution in [2.75, 3.05) is 37.7 Å². The van der Waals surface area contributed by atoms with Crippen LogP contribution in [-0.4, -0.2) is 48.6 Å². The monoisotopic (exact) mass is 212 g/mol. The number of hydrogen-bond acceptors (Lipinski definition) is 3. The van der Waals surface area contributed by atoms with Gasteiger partial charge in [0, 0.05) is 30.6 Å². The van der Waals surface area contributed by atoms with Crippen LogP contribution in [0.3, 0.4) is 0 Å². The van der Waals surface area contributed by atoms with Crippen LogP contribution in [0.1, 0.15) is 13.3 Å². The second-order valence-corrected chi connectivity index (χ2v) is 4.74. The van der Waals surface area contributed by atoms with Crippen molar-refractivity contribution in [3.05, 3.63) is 0 Å². The fourth-order valence-corrected chi connectivity index (χ4v) is 2.62. The molecule has 1 rings (SSSR count). The van der Waals surface area contributed by atoms with Crippen molar-refractivity contribution in [3.8, 4) is 12.3 Å². The van der Waals surface area contributed by atoms with Gasteiger partial charge in [0.2, 0.25) is 0 Å². The zero-order chi connectivity index (χ0) is 10.2. The van der Waals surface area contributed by atoms with Gasteiger partial charge in [0.25, 0.3) is 0 Å². The van der Waals surface area contributed by atoms with E-state index in [0.29, 0.717) is 6.04 Å². The number of rotatable bonds is 5. The number of thioether (sulfide) groups is 1. The van der Waals surface area contributed by atoms with Crippen LogP contribution in [0.4, 0.5) is 0 Å². The van der Waals surface area contributed by atoms with E-state index in [1.165, 1.54) is 17.9 Å². The summed E-state index contributed by atoms with van der Waals surface area (Å²) in [5, 5.41) is 3.54. The van der Waals surface area contributed by atoms with Gasteiger partial charge in [-0.25, -0.2) is 0 Å². The summed E-state index contributed by atoms with van der Waals surface area (Å²) in [5.41, 5.74) is 0. The molecule has 1 N–H and O–H groups in total. The fraction of sp³-hybridized carbons (Fsp3) is 0.818. The normalized spacial score (nSPS) is 22.2. The number of hydrogen-bond donors (Lipinski definition) is 1. The molecule has 3 heteroatoms. The van der Waals surface area contributed by atoms with Gasteiger partial charge in [-0.2, -0.15) is 11.8 Å². The lowest BCUT2D eigenvalue weighted by atomic mass is 10.2. The summed E-state index contributed by atoms with van der Waals surface area (Å²) in [6.07, 6.45) is 6.53. The smallest absolute Gasteiger partial charge is 0.0598 e. The SMILES string of the molecule is C#CCN(CC)CCC1CSCCN1. The van der Waals surface area contributed by atoms with E-state index in [-0.39, 0.29) is 0 Å². The van der Waals surface area contributed by atoms with Crippen molar-refractivity contribution < 1.29 is 0 Å². The first-order valence-corrected chi connectivity index (χ1v) is 6.49. The van der Waals surface area contributed by atoms with Crippen LogP contribution in [0.15, 0.2) is 0 Å². The summed E-state index contributed by atoms with van der Waals surface area (Å²) in [6, 6.07) is 0.695. The lowest BCUT2D eigenvalue weighted by molar-refractivity contribution is 0.302. The van der Waals surface area contributed by atoms with E-state index >= 15 is 0 Å². The van der Waals surface area contributed by atoms with Crippen LogP contribution in [0.5, 0.6) is 0 Å². The average molecular weight is 212 g/mol. The molecule has 0 aromatic carbocycles. The minimum atomic E-state index is 0.695. The first kappa shape index (κ1) is 11.9. The van der Waals surface area contributed by atoms with E-state index in [4.69, 9.17) is 6.42 Å². The molecule has 0 radical (unpaired) electrons. The summed E-state index contributed by atoms with van der Waals surface area (Å²) >= 11 is 2.05. The van der Waals surface area contributed by atoms with Gasteiger partial charge in [0.1, 0.15) is 0 Å². The molecule has 1 saturated heterocycles. The number of nitrogens with one attached hydrogen (secondary N) is 1. The second kappa shape index (κ2) is 7.17. The van der Waals surface area contributed by atoms with Crippen molar-refractivity contribution in [1.29, 1.82) is 0 Å². The topological polar surface area (TPSA) is 15.3 Å². The Morgan fingerprint density at radius 2 is 2.50 bits per heavy atom. The standard InChI is InChI=1S/C11H20N2S/c1-3-7-13(4-2)8-5-11-10-14-9-6-12-11/h1,11-12H,4-10H2,2H3. The maximum atomic E-state index is 5.30.